The first-order chi connectivity index (χ1) is 6.63. The summed E-state index contributed by atoms with van der Waals surface area (Å²) in [6.07, 6.45) is 1.20. The summed E-state index contributed by atoms with van der Waals surface area (Å²) in [6, 6.07) is 5.36. The maximum Gasteiger partial charge on any atom is 0.311 e. The second kappa shape index (κ2) is 5.01. The number of halogens is 1. The van der Waals surface area contributed by atoms with Gasteiger partial charge in [-0.2, -0.15) is 0 Å². The largest absolute Gasteiger partial charge is 0.425 e. The van der Waals surface area contributed by atoms with Crippen molar-refractivity contribution in [3.63, 3.8) is 0 Å². The molecule has 0 saturated carbocycles. The van der Waals surface area contributed by atoms with E-state index in [0.717, 1.165) is 12.0 Å². The predicted molar refractivity (Wildman–Crippen MR) is 56.7 cm³/mol. The van der Waals surface area contributed by atoms with Gasteiger partial charge in [-0.15, -0.1) is 0 Å². The summed E-state index contributed by atoms with van der Waals surface area (Å²) in [7, 11) is 0. The average molecular weight is 213 g/mol. The van der Waals surface area contributed by atoms with Crippen LogP contribution in [-0.2, 0) is 4.79 Å². The van der Waals surface area contributed by atoms with Gasteiger partial charge in [0.25, 0.3) is 0 Å². The molecule has 0 unspecified atom stereocenters. The zero-order valence-corrected chi connectivity index (χ0v) is 9.10. The zero-order chi connectivity index (χ0) is 10.6. The smallest absolute Gasteiger partial charge is 0.311 e. The normalized spacial score (nSPS) is 9.93. The number of hydrogen-bond donors (Lipinski definition) is 0. The molecule has 0 aliphatic carbocycles. The molecule has 0 aliphatic heterocycles. The fourth-order valence-electron chi connectivity index (χ4n) is 1.07. The molecule has 0 atom stereocenters. The molecule has 1 aromatic carbocycles. The SMILES string of the molecule is CCCC(=O)Oc1cc(C)ccc1Cl. The van der Waals surface area contributed by atoms with Crippen molar-refractivity contribution in [2.75, 3.05) is 0 Å². The second-order valence-corrected chi connectivity index (χ2v) is 3.57. The van der Waals surface area contributed by atoms with Crippen LogP contribution >= 0.6 is 11.6 Å². The van der Waals surface area contributed by atoms with Crippen molar-refractivity contribution in [2.45, 2.75) is 26.7 Å². The molecule has 1 aromatic rings. The highest BCUT2D eigenvalue weighted by molar-refractivity contribution is 6.32. The molecule has 0 N–H and O–H groups in total. The minimum atomic E-state index is -0.236. The van der Waals surface area contributed by atoms with E-state index in [4.69, 9.17) is 16.3 Å². The summed E-state index contributed by atoms with van der Waals surface area (Å²) in [4.78, 5) is 11.2. The molecule has 0 bridgehead atoms. The molecule has 0 heterocycles. The lowest BCUT2D eigenvalue weighted by molar-refractivity contribution is -0.134. The lowest BCUT2D eigenvalue weighted by atomic mass is 10.2. The lowest BCUT2D eigenvalue weighted by Gasteiger charge is -2.05. The predicted octanol–water partition coefficient (Wildman–Crippen LogP) is 3.35. The van der Waals surface area contributed by atoms with Crippen LogP contribution in [0, 0.1) is 6.92 Å². The van der Waals surface area contributed by atoms with Crippen LogP contribution in [0.1, 0.15) is 25.3 Å². The molecule has 2 nitrogen and oxygen atoms in total. The number of rotatable bonds is 3. The van der Waals surface area contributed by atoms with Gasteiger partial charge >= 0.3 is 5.97 Å². The molecule has 0 radical (unpaired) electrons. The van der Waals surface area contributed by atoms with E-state index < -0.39 is 0 Å². The number of carbonyl (C=O) groups excluding carboxylic acids is 1. The maximum absolute atomic E-state index is 11.2. The summed E-state index contributed by atoms with van der Waals surface area (Å²) in [5.41, 5.74) is 1.02. The van der Waals surface area contributed by atoms with Gasteiger partial charge in [-0.25, -0.2) is 0 Å². The van der Waals surface area contributed by atoms with E-state index in [1.54, 1.807) is 12.1 Å². The monoisotopic (exact) mass is 212 g/mol. The number of hydrogen-bond acceptors (Lipinski definition) is 2. The number of aryl methyl sites for hydroxylation is 1. The number of carbonyl (C=O) groups is 1. The van der Waals surface area contributed by atoms with E-state index >= 15 is 0 Å². The van der Waals surface area contributed by atoms with Crippen molar-refractivity contribution >= 4 is 17.6 Å². The van der Waals surface area contributed by atoms with Crippen LogP contribution in [0.15, 0.2) is 18.2 Å². The summed E-state index contributed by atoms with van der Waals surface area (Å²) in [5.74, 6) is 0.213. The van der Waals surface area contributed by atoms with Crippen molar-refractivity contribution < 1.29 is 9.53 Å². The summed E-state index contributed by atoms with van der Waals surface area (Å²) in [6.45, 7) is 3.85. The Hall–Kier alpha value is -1.02. The maximum atomic E-state index is 11.2. The standard InChI is InChI=1S/C11H13ClO2/c1-3-4-11(13)14-10-7-8(2)5-6-9(10)12/h5-7H,3-4H2,1-2H3. The van der Waals surface area contributed by atoms with Gasteiger partial charge in [-0.1, -0.05) is 24.6 Å². The van der Waals surface area contributed by atoms with Crippen molar-refractivity contribution in [2.24, 2.45) is 0 Å². The van der Waals surface area contributed by atoms with E-state index in [0.29, 0.717) is 17.2 Å². The topological polar surface area (TPSA) is 26.3 Å². The van der Waals surface area contributed by atoms with Gasteiger partial charge in [-0.05, 0) is 31.0 Å². The quantitative estimate of drug-likeness (QED) is 0.567. The third-order valence-electron chi connectivity index (χ3n) is 1.76. The molecule has 14 heavy (non-hydrogen) atoms. The molecule has 0 saturated heterocycles. The van der Waals surface area contributed by atoms with Crippen LogP contribution in [0.25, 0.3) is 0 Å². The summed E-state index contributed by atoms with van der Waals surface area (Å²) < 4.78 is 5.10. The van der Waals surface area contributed by atoms with E-state index in [9.17, 15) is 4.79 Å². The number of esters is 1. The Bertz CT molecular complexity index is 334. The molecule has 0 fully saturated rings. The van der Waals surface area contributed by atoms with Crippen LogP contribution in [-0.4, -0.2) is 5.97 Å². The Morgan fingerprint density at radius 3 is 2.86 bits per heavy atom. The highest BCUT2D eigenvalue weighted by atomic mass is 35.5. The Morgan fingerprint density at radius 2 is 2.21 bits per heavy atom. The van der Waals surface area contributed by atoms with Crippen LogP contribution in [0.5, 0.6) is 5.75 Å². The molecule has 0 amide bonds. The van der Waals surface area contributed by atoms with Crippen molar-refractivity contribution in [1.82, 2.24) is 0 Å². The minimum absolute atomic E-state index is 0.236. The molecule has 0 aromatic heterocycles. The Labute approximate surface area is 88.8 Å². The molecule has 0 aliphatic rings. The fourth-order valence-corrected chi connectivity index (χ4v) is 1.22. The van der Waals surface area contributed by atoms with Crippen LogP contribution in [0.2, 0.25) is 5.02 Å². The van der Waals surface area contributed by atoms with E-state index in [1.165, 1.54) is 0 Å². The van der Waals surface area contributed by atoms with Gasteiger partial charge in [0.2, 0.25) is 0 Å². The van der Waals surface area contributed by atoms with Gasteiger partial charge in [0.15, 0.2) is 0 Å². The van der Waals surface area contributed by atoms with Crippen molar-refractivity contribution in [3.8, 4) is 5.75 Å². The Morgan fingerprint density at radius 1 is 1.50 bits per heavy atom. The van der Waals surface area contributed by atoms with E-state index in [1.807, 2.05) is 19.9 Å². The molecular weight excluding hydrogens is 200 g/mol. The first kappa shape index (κ1) is 11.1. The van der Waals surface area contributed by atoms with Gasteiger partial charge in [-0.3, -0.25) is 4.79 Å². The van der Waals surface area contributed by atoms with Crippen molar-refractivity contribution in [1.29, 1.82) is 0 Å². The highest BCUT2D eigenvalue weighted by Crippen LogP contribution is 2.25. The third kappa shape index (κ3) is 3.04. The lowest BCUT2D eigenvalue weighted by Crippen LogP contribution is -2.07. The molecule has 1 rings (SSSR count). The summed E-state index contributed by atoms with van der Waals surface area (Å²) >= 11 is 5.86. The first-order valence-electron chi connectivity index (χ1n) is 4.60. The molecule has 76 valence electrons. The van der Waals surface area contributed by atoms with E-state index in [2.05, 4.69) is 0 Å². The van der Waals surface area contributed by atoms with Crippen molar-refractivity contribution in [3.05, 3.63) is 28.8 Å². The van der Waals surface area contributed by atoms with Gasteiger partial charge in [0.05, 0.1) is 5.02 Å². The van der Waals surface area contributed by atoms with Gasteiger partial charge < -0.3 is 4.74 Å². The third-order valence-corrected chi connectivity index (χ3v) is 2.08. The van der Waals surface area contributed by atoms with E-state index in [-0.39, 0.29) is 5.97 Å². The van der Waals surface area contributed by atoms with Gasteiger partial charge in [0, 0.05) is 6.42 Å². The average Bonchev–Trinajstić information content (AvgIpc) is 2.12. The summed E-state index contributed by atoms with van der Waals surface area (Å²) in [5, 5.41) is 0.472. The molecular formula is C11H13ClO2. The minimum Gasteiger partial charge on any atom is -0.425 e. The van der Waals surface area contributed by atoms with Gasteiger partial charge in [0.1, 0.15) is 5.75 Å². The van der Waals surface area contributed by atoms with Crippen LogP contribution in [0.3, 0.4) is 0 Å². The Balaban J connectivity index is 2.75. The fraction of sp³-hybridized carbons (Fsp3) is 0.364. The Kier molecular flexibility index (Phi) is 3.96. The van der Waals surface area contributed by atoms with Crippen LogP contribution in [0.4, 0.5) is 0 Å². The molecule has 0 spiro atoms. The highest BCUT2D eigenvalue weighted by Gasteiger charge is 2.06. The van der Waals surface area contributed by atoms with Crippen LogP contribution < -0.4 is 4.74 Å². The molecule has 3 heteroatoms. The zero-order valence-electron chi connectivity index (χ0n) is 8.34. The number of ether oxygens (including phenoxy) is 1. The number of benzene rings is 1. The first-order valence-corrected chi connectivity index (χ1v) is 4.98. The second-order valence-electron chi connectivity index (χ2n) is 3.16.